The van der Waals surface area contributed by atoms with Gasteiger partial charge in [0.1, 0.15) is 0 Å². The normalized spacial score (nSPS) is 41.0. The van der Waals surface area contributed by atoms with E-state index in [-0.39, 0.29) is 23.7 Å². The van der Waals surface area contributed by atoms with Gasteiger partial charge in [-0.3, -0.25) is 9.59 Å². The van der Waals surface area contributed by atoms with Crippen molar-refractivity contribution >= 4 is 11.9 Å². The van der Waals surface area contributed by atoms with E-state index in [1.54, 1.807) is 0 Å². The predicted molar refractivity (Wildman–Crippen MR) is 75.3 cm³/mol. The molecule has 0 aliphatic heterocycles. The zero-order valence-electron chi connectivity index (χ0n) is 12.3. The van der Waals surface area contributed by atoms with Gasteiger partial charge in [0, 0.05) is 0 Å². The quantitative estimate of drug-likeness (QED) is 0.778. The van der Waals surface area contributed by atoms with Gasteiger partial charge in [-0.15, -0.1) is 0 Å². The molecule has 4 heteroatoms. The summed E-state index contributed by atoms with van der Waals surface area (Å²) in [5.74, 6) is -1.62. The van der Waals surface area contributed by atoms with E-state index in [2.05, 4.69) is 13.5 Å². The molecule has 2 N–H and O–H groups in total. The minimum absolute atomic E-state index is 0.0381. The molecule has 0 bridgehead atoms. The third-order valence-electron chi connectivity index (χ3n) is 5.89. The van der Waals surface area contributed by atoms with Gasteiger partial charge in [0.2, 0.25) is 0 Å². The lowest BCUT2D eigenvalue weighted by Gasteiger charge is -2.57. The Labute approximate surface area is 119 Å². The molecule has 2 aliphatic rings. The monoisotopic (exact) mass is 280 g/mol. The summed E-state index contributed by atoms with van der Waals surface area (Å²) in [6.45, 7) is 7.98. The van der Waals surface area contributed by atoms with Crippen molar-refractivity contribution in [2.75, 3.05) is 0 Å². The summed E-state index contributed by atoms with van der Waals surface area (Å²) in [6, 6.07) is 0. The first-order valence-corrected chi connectivity index (χ1v) is 7.34. The number of carboxylic acids is 2. The number of allylic oxidation sites excluding steroid dienone is 1. The summed E-state index contributed by atoms with van der Waals surface area (Å²) in [5, 5.41) is 18.8. The van der Waals surface area contributed by atoms with Crippen molar-refractivity contribution in [3.05, 3.63) is 12.2 Å². The van der Waals surface area contributed by atoms with Gasteiger partial charge >= 0.3 is 11.9 Å². The van der Waals surface area contributed by atoms with Crippen molar-refractivity contribution in [3.63, 3.8) is 0 Å². The molecule has 2 fully saturated rings. The molecule has 20 heavy (non-hydrogen) atoms. The maximum Gasteiger partial charge on any atom is 0.309 e. The summed E-state index contributed by atoms with van der Waals surface area (Å²) in [6.07, 6.45) is 4.07. The van der Waals surface area contributed by atoms with Crippen molar-refractivity contribution in [2.45, 2.75) is 52.4 Å². The Morgan fingerprint density at radius 2 is 1.95 bits per heavy atom. The van der Waals surface area contributed by atoms with Gasteiger partial charge in [0.25, 0.3) is 0 Å². The summed E-state index contributed by atoms with van der Waals surface area (Å²) < 4.78 is 0. The molecule has 2 rings (SSSR count). The third kappa shape index (κ3) is 2.15. The second-order valence-electron chi connectivity index (χ2n) is 6.98. The van der Waals surface area contributed by atoms with Crippen LogP contribution in [0, 0.1) is 22.7 Å². The second kappa shape index (κ2) is 4.90. The summed E-state index contributed by atoms with van der Waals surface area (Å²) >= 11 is 0. The van der Waals surface area contributed by atoms with Crippen LogP contribution in [0.3, 0.4) is 0 Å². The van der Waals surface area contributed by atoms with Gasteiger partial charge in [0.15, 0.2) is 0 Å². The third-order valence-corrected chi connectivity index (χ3v) is 5.89. The fourth-order valence-electron chi connectivity index (χ4n) is 4.76. The van der Waals surface area contributed by atoms with Crippen molar-refractivity contribution in [1.82, 2.24) is 0 Å². The molecule has 112 valence electrons. The fourth-order valence-corrected chi connectivity index (χ4v) is 4.76. The Morgan fingerprint density at radius 1 is 1.30 bits per heavy atom. The lowest BCUT2D eigenvalue weighted by Crippen LogP contribution is -2.53. The molecule has 0 aromatic heterocycles. The van der Waals surface area contributed by atoms with Crippen molar-refractivity contribution < 1.29 is 19.8 Å². The number of carbonyl (C=O) groups is 2. The van der Waals surface area contributed by atoms with Crippen LogP contribution in [-0.4, -0.2) is 22.2 Å². The molecule has 0 saturated heterocycles. The van der Waals surface area contributed by atoms with Crippen molar-refractivity contribution in [3.8, 4) is 0 Å². The maximum atomic E-state index is 11.7. The number of hydrogen-bond acceptors (Lipinski definition) is 2. The molecule has 0 radical (unpaired) electrons. The Bertz CT molecular complexity index is 455. The van der Waals surface area contributed by atoms with E-state index in [1.807, 2.05) is 6.92 Å². The zero-order chi connectivity index (χ0) is 15.1. The molecule has 0 aromatic rings. The lowest BCUT2D eigenvalue weighted by molar-refractivity contribution is -0.165. The van der Waals surface area contributed by atoms with E-state index in [0.717, 1.165) is 31.3 Å². The fraction of sp³-hybridized carbons (Fsp3) is 0.750. The van der Waals surface area contributed by atoms with Gasteiger partial charge in [-0.05, 0) is 49.9 Å². The first-order valence-electron chi connectivity index (χ1n) is 7.34. The highest BCUT2D eigenvalue weighted by molar-refractivity contribution is 5.75. The van der Waals surface area contributed by atoms with Gasteiger partial charge in [0.05, 0.1) is 11.8 Å². The first-order chi connectivity index (χ1) is 9.21. The zero-order valence-corrected chi connectivity index (χ0v) is 12.3. The Hall–Kier alpha value is -1.32. The highest BCUT2D eigenvalue weighted by Crippen LogP contribution is 2.61. The smallest absolute Gasteiger partial charge is 0.309 e. The van der Waals surface area contributed by atoms with Crippen LogP contribution in [0.25, 0.3) is 0 Å². The van der Waals surface area contributed by atoms with E-state index in [4.69, 9.17) is 0 Å². The highest BCUT2D eigenvalue weighted by atomic mass is 16.4. The van der Waals surface area contributed by atoms with Crippen LogP contribution in [0.5, 0.6) is 0 Å². The molecule has 0 amide bonds. The van der Waals surface area contributed by atoms with Gasteiger partial charge in [-0.25, -0.2) is 0 Å². The maximum absolute atomic E-state index is 11.7. The van der Waals surface area contributed by atoms with Crippen LogP contribution in [-0.2, 0) is 9.59 Å². The molecule has 2 saturated carbocycles. The lowest BCUT2D eigenvalue weighted by atomic mass is 9.47. The van der Waals surface area contributed by atoms with Gasteiger partial charge in [-0.1, -0.05) is 25.5 Å². The first kappa shape index (κ1) is 15.1. The minimum atomic E-state index is -0.819. The average molecular weight is 280 g/mol. The van der Waals surface area contributed by atoms with E-state index in [0.29, 0.717) is 6.42 Å². The minimum Gasteiger partial charge on any atom is -0.481 e. The van der Waals surface area contributed by atoms with E-state index in [1.165, 1.54) is 0 Å². The molecular formula is C16H24O4. The van der Waals surface area contributed by atoms with E-state index in [9.17, 15) is 19.8 Å². The largest absolute Gasteiger partial charge is 0.481 e. The molecule has 0 heterocycles. The number of hydrogen-bond donors (Lipinski definition) is 2. The van der Waals surface area contributed by atoms with Gasteiger partial charge < -0.3 is 10.2 Å². The topological polar surface area (TPSA) is 74.6 Å². The van der Waals surface area contributed by atoms with Crippen molar-refractivity contribution in [1.29, 1.82) is 0 Å². The van der Waals surface area contributed by atoms with Crippen LogP contribution < -0.4 is 0 Å². The van der Waals surface area contributed by atoms with Crippen molar-refractivity contribution in [2.24, 2.45) is 22.7 Å². The predicted octanol–water partition coefficient (Wildman–Crippen LogP) is 3.32. The highest BCUT2D eigenvalue weighted by Gasteiger charge is 2.57. The average Bonchev–Trinajstić information content (AvgIpc) is 2.33. The van der Waals surface area contributed by atoms with E-state index >= 15 is 0 Å². The number of rotatable bonds is 3. The van der Waals surface area contributed by atoms with Gasteiger partial charge in [-0.2, -0.15) is 0 Å². The number of aliphatic carboxylic acids is 2. The Morgan fingerprint density at radius 3 is 2.50 bits per heavy atom. The van der Waals surface area contributed by atoms with Crippen LogP contribution in [0.1, 0.15) is 52.4 Å². The molecule has 0 aromatic carbocycles. The van der Waals surface area contributed by atoms with Crippen LogP contribution >= 0.6 is 0 Å². The number of fused-ring (bicyclic) bond motifs is 1. The second-order valence-corrected chi connectivity index (χ2v) is 6.98. The molecule has 4 nitrogen and oxygen atoms in total. The standard InChI is InChI=1S/C16H24O4/c1-10-5-6-12-15(2,11(10)9-13(17)18)7-4-8-16(12,3)14(19)20/h11-12H,1,4-9H2,2-3H3,(H,17,18)(H,19,20)/t11-,12+,15+,16-/m0/s1. The molecule has 4 atom stereocenters. The Kier molecular flexibility index (Phi) is 3.69. The summed E-state index contributed by atoms with van der Waals surface area (Å²) in [4.78, 5) is 22.9. The van der Waals surface area contributed by atoms with Crippen LogP contribution in [0.15, 0.2) is 12.2 Å². The molecule has 0 spiro atoms. The summed E-state index contributed by atoms with van der Waals surface area (Å²) in [7, 11) is 0. The number of carboxylic acid groups (broad SMARTS) is 2. The van der Waals surface area contributed by atoms with Crippen LogP contribution in [0.2, 0.25) is 0 Å². The van der Waals surface area contributed by atoms with E-state index < -0.39 is 17.4 Å². The SMILES string of the molecule is C=C1CC[C@@H]2[C@](C)(CCC[C@]2(C)C(=O)O)[C@H]1CC(=O)O. The summed E-state index contributed by atoms with van der Waals surface area (Å²) in [5.41, 5.74) is 0.00427. The Balaban J connectivity index is 2.40. The molecule has 0 unspecified atom stereocenters. The van der Waals surface area contributed by atoms with Crippen LogP contribution in [0.4, 0.5) is 0 Å². The molecule has 2 aliphatic carbocycles. The molecular weight excluding hydrogens is 256 g/mol.